The maximum Gasteiger partial charge on any atom is 0.216 e. The molecule has 3 aromatic rings. The third-order valence-corrected chi connectivity index (χ3v) is 4.77. The Morgan fingerprint density at radius 1 is 1.30 bits per heavy atom. The number of rotatable bonds is 7. The Bertz CT molecular complexity index is 837. The van der Waals surface area contributed by atoms with Crippen LogP contribution in [0.25, 0.3) is 11.6 Å². The van der Waals surface area contributed by atoms with Crippen LogP contribution in [0.4, 0.5) is 0 Å². The molecule has 8 nitrogen and oxygen atoms in total. The maximum absolute atomic E-state index is 5.30. The SMILES string of the molecule is CCNC(=NCc1nc(C)c(C)s1)NCCc1nc(-c2ccco2)n[nH]1.I. The van der Waals surface area contributed by atoms with Crippen molar-refractivity contribution >= 4 is 41.3 Å². The van der Waals surface area contributed by atoms with Crippen molar-refractivity contribution in [1.29, 1.82) is 0 Å². The second-order valence-electron chi connectivity index (χ2n) is 5.70. The zero-order valence-corrected chi connectivity index (χ0v) is 18.7. The predicted octanol–water partition coefficient (Wildman–Crippen LogP) is 3.05. The van der Waals surface area contributed by atoms with E-state index in [9.17, 15) is 0 Å². The third kappa shape index (κ3) is 6.03. The number of hydrogen-bond donors (Lipinski definition) is 3. The number of aromatic nitrogens is 4. The van der Waals surface area contributed by atoms with Gasteiger partial charge in [-0.1, -0.05) is 0 Å². The second-order valence-corrected chi connectivity index (χ2v) is 6.99. The molecule has 3 heterocycles. The number of aromatic amines is 1. The summed E-state index contributed by atoms with van der Waals surface area (Å²) in [6, 6.07) is 3.65. The molecule has 0 aliphatic carbocycles. The second kappa shape index (κ2) is 10.4. The van der Waals surface area contributed by atoms with Gasteiger partial charge in [0.05, 0.1) is 18.5 Å². The molecule has 3 rings (SSSR count). The molecule has 0 bridgehead atoms. The van der Waals surface area contributed by atoms with E-state index in [-0.39, 0.29) is 24.0 Å². The van der Waals surface area contributed by atoms with E-state index in [1.165, 1.54) is 4.88 Å². The molecule has 0 saturated heterocycles. The molecule has 0 fully saturated rings. The molecule has 27 heavy (non-hydrogen) atoms. The Balaban J connectivity index is 0.00000261. The average molecular weight is 501 g/mol. The number of H-pyrrole nitrogens is 1. The molecule has 146 valence electrons. The van der Waals surface area contributed by atoms with Crippen molar-refractivity contribution in [1.82, 2.24) is 30.8 Å². The Morgan fingerprint density at radius 3 is 2.81 bits per heavy atom. The molecular weight excluding hydrogens is 477 g/mol. The number of aliphatic imine (C=N–C) groups is 1. The van der Waals surface area contributed by atoms with Crippen molar-refractivity contribution in [3.8, 4) is 11.6 Å². The van der Waals surface area contributed by atoms with Crippen LogP contribution in [0.2, 0.25) is 0 Å². The fourth-order valence-electron chi connectivity index (χ4n) is 2.32. The van der Waals surface area contributed by atoms with Gasteiger partial charge in [0.2, 0.25) is 5.82 Å². The summed E-state index contributed by atoms with van der Waals surface area (Å²) < 4.78 is 5.30. The topological polar surface area (TPSA) is 104 Å². The molecule has 0 atom stereocenters. The van der Waals surface area contributed by atoms with E-state index in [1.54, 1.807) is 17.6 Å². The summed E-state index contributed by atoms with van der Waals surface area (Å²) in [6.07, 6.45) is 2.31. The largest absolute Gasteiger partial charge is 0.461 e. The predicted molar refractivity (Wildman–Crippen MR) is 118 cm³/mol. The molecule has 0 aliphatic heterocycles. The summed E-state index contributed by atoms with van der Waals surface area (Å²) in [5, 5.41) is 14.7. The number of hydrogen-bond acceptors (Lipinski definition) is 6. The highest BCUT2D eigenvalue weighted by molar-refractivity contribution is 14.0. The van der Waals surface area contributed by atoms with Gasteiger partial charge in [0.1, 0.15) is 10.8 Å². The van der Waals surface area contributed by atoms with Crippen LogP contribution in [0.5, 0.6) is 0 Å². The number of halogens is 1. The monoisotopic (exact) mass is 501 g/mol. The molecule has 0 aliphatic rings. The van der Waals surface area contributed by atoms with E-state index < -0.39 is 0 Å². The first kappa shape index (κ1) is 21.4. The summed E-state index contributed by atoms with van der Waals surface area (Å²) in [6.45, 7) is 8.21. The maximum atomic E-state index is 5.30. The first-order valence-electron chi connectivity index (χ1n) is 8.56. The molecule has 0 saturated carbocycles. The number of nitrogens with one attached hydrogen (secondary N) is 3. The lowest BCUT2D eigenvalue weighted by Gasteiger charge is -2.10. The van der Waals surface area contributed by atoms with E-state index in [0.29, 0.717) is 31.1 Å². The molecule has 0 spiro atoms. The fourth-order valence-corrected chi connectivity index (χ4v) is 3.18. The zero-order valence-electron chi connectivity index (χ0n) is 15.6. The van der Waals surface area contributed by atoms with Gasteiger partial charge >= 0.3 is 0 Å². The third-order valence-electron chi connectivity index (χ3n) is 3.72. The first-order valence-corrected chi connectivity index (χ1v) is 9.37. The summed E-state index contributed by atoms with van der Waals surface area (Å²) >= 11 is 1.69. The van der Waals surface area contributed by atoms with Crippen molar-refractivity contribution < 1.29 is 4.42 Å². The van der Waals surface area contributed by atoms with Crippen molar-refractivity contribution in [2.45, 2.75) is 33.7 Å². The summed E-state index contributed by atoms with van der Waals surface area (Å²) in [5.41, 5.74) is 1.08. The van der Waals surface area contributed by atoms with Crippen LogP contribution in [0.15, 0.2) is 27.8 Å². The lowest BCUT2D eigenvalue weighted by atomic mass is 10.4. The van der Waals surface area contributed by atoms with E-state index >= 15 is 0 Å². The van der Waals surface area contributed by atoms with Gasteiger partial charge in [-0.15, -0.1) is 35.3 Å². The number of aryl methyl sites for hydroxylation is 2. The number of guanidine groups is 1. The lowest BCUT2D eigenvalue weighted by Crippen LogP contribution is -2.38. The Hall–Kier alpha value is -1.95. The van der Waals surface area contributed by atoms with Gasteiger partial charge in [-0.2, -0.15) is 5.10 Å². The van der Waals surface area contributed by atoms with Gasteiger partial charge in [0.25, 0.3) is 0 Å². The van der Waals surface area contributed by atoms with Crippen LogP contribution < -0.4 is 10.6 Å². The van der Waals surface area contributed by atoms with Gasteiger partial charge < -0.3 is 15.1 Å². The minimum absolute atomic E-state index is 0. The first-order chi connectivity index (χ1) is 12.7. The lowest BCUT2D eigenvalue weighted by molar-refractivity contribution is 0.577. The van der Waals surface area contributed by atoms with Crippen molar-refractivity contribution in [3.05, 3.63) is 39.8 Å². The Labute approximate surface area is 179 Å². The Kier molecular flexibility index (Phi) is 8.23. The minimum Gasteiger partial charge on any atom is -0.461 e. The highest BCUT2D eigenvalue weighted by Crippen LogP contribution is 2.17. The smallest absolute Gasteiger partial charge is 0.216 e. The molecule has 0 amide bonds. The van der Waals surface area contributed by atoms with E-state index in [4.69, 9.17) is 4.42 Å². The molecule has 3 N–H and O–H groups in total. The quantitative estimate of drug-likeness (QED) is 0.261. The standard InChI is InChI=1S/C17H23N7OS.HI/c1-4-18-17(20-10-15-21-11(2)12(3)26-15)19-8-7-14-22-16(24-23-14)13-6-5-9-25-13;/h5-6,9H,4,7-8,10H2,1-3H3,(H2,18,19,20)(H,22,23,24);1H. The van der Waals surface area contributed by atoms with Gasteiger partial charge in [-0.3, -0.25) is 5.10 Å². The molecule has 10 heteroatoms. The summed E-state index contributed by atoms with van der Waals surface area (Å²) in [5.74, 6) is 2.79. The van der Waals surface area contributed by atoms with E-state index in [1.807, 2.05) is 26.0 Å². The zero-order chi connectivity index (χ0) is 18.4. The van der Waals surface area contributed by atoms with Crippen LogP contribution >= 0.6 is 35.3 Å². The van der Waals surface area contributed by atoms with Crippen LogP contribution in [-0.2, 0) is 13.0 Å². The molecular formula is C17H24IN7OS. The minimum atomic E-state index is 0. The highest BCUT2D eigenvalue weighted by atomic mass is 127. The van der Waals surface area contributed by atoms with Crippen LogP contribution in [-0.4, -0.2) is 39.2 Å². The van der Waals surface area contributed by atoms with Crippen molar-refractivity contribution in [2.24, 2.45) is 4.99 Å². The molecule has 0 unspecified atom stereocenters. The van der Waals surface area contributed by atoms with Gasteiger partial charge in [-0.05, 0) is 32.9 Å². The molecule has 0 aromatic carbocycles. The van der Waals surface area contributed by atoms with Gasteiger partial charge in [0, 0.05) is 24.4 Å². The van der Waals surface area contributed by atoms with Gasteiger partial charge in [-0.25, -0.2) is 15.0 Å². The Morgan fingerprint density at radius 2 is 2.15 bits per heavy atom. The van der Waals surface area contributed by atoms with Crippen molar-refractivity contribution in [3.63, 3.8) is 0 Å². The molecule has 3 aromatic heterocycles. The molecule has 0 radical (unpaired) electrons. The number of thiazole rings is 1. The van der Waals surface area contributed by atoms with Gasteiger partial charge in [0.15, 0.2) is 11.7 Å². The van der Waals surface area contributed by atoms with Crippen molar-refractivity contribution in [2.75, 3.05) is 13.1 Å². The summed E-state index contributed by atoms with van der Waals surface area (Å²) in [4.78, 5) is 14.8. The summed E-state index contributed by atoms with van der Waals surface area (Å²) in [7, 11) is 0. The number of nitrogens with zero attached hydrogens (tertiary/aromatic N) is 4. The highest BCUT2D eigenvalue weighted by Gasteiger charge is 2.08. The van der Waals surface area contributed by atoms with E-state index in [2.05, 4.69) is 42.7 Å². The average Bonchev–Trinajstić information content (AvgIpc) is 3.35. The van der Waals surface area contributed by atoms with E-state index in [0.717, 1.165) is 29.0 Å². The van der Waals surface area contributed by atoms with Crippen LogP contribution in [0, 0.1) is 13.8 Å². The normalized spacial score (nSPS) is 11.3. The fraction of sp³-hybridized carbons (Fsp3) is 0.412. The van der Waals surface area contributed by atoms with Crippen LogP contribution in [0.3, 0.4) is 0 Å². The number of furan rings is 1. The van der Waals surface area contributed by atoms with Crippen LogP contribution in [0.1, 0.15) is 28.3 Å².